The van der Waals surface area contributed by atoms with Crippen molar-refractivity contribution < 1.29 is 14.3 Å². The van der Waals surface area contributed by atoms with Crippen LogP contribution in [0.1, 0.15) is 17.9 Å². The summed E-state index contributed by atoms with van der Waals surface area (Å²) >= 11 is 0. The Hall–Kier alpha value is -1.35. The van der Waals surface area contributed by atoms with Crippen molar-refractivity contribution in [2.75, 3.05) is 20.3 Å². The molecule has 1 saturated heterocycles. The summed E-state index contributed by atoms with van der Waals surface area (Å²) in [5.41, 5.74) is 1.05. The van der Waals surface area contributed by atoms with E-state index in [0.717, 1.165) is 30.6 Å². The number of hydrogen-bond acceptors (Lipinski definition) is 3. The van der Waals surface area contributed by atoms with Crippen molar-refractivity contribution in [1.82, 2.24) is 0 Å². The Balaban J connectivity index is 2.15. The predicted octanol–water partition coefficient (Wildman–Crippen LogP) is 2.01. The Labute approximate surface area is 95.4 Å². The van der Waals surface area contributed by atoms with Gasteiger partial charge in [-0.3, -0.25) is 0 Å². The highest BCUT2D eigenvalue weighted by Crippen LogP contribution is 2.30. The van der Waals surface area contributed by atoms with Crippen LogP contribution in [0.3, 0.4) is 0 Å². The molecule has 1 aromatic rings. The molecular formula is C13H16O3. The van der Waals surface area contributed by atoms with E-state index in [2.05, 4.69) is 0 Å². The summed E-state index contributed by atoms with van der Waals surface area (Å²) in [6.07, 6.45) is 2.00. The number of rotatable bonds is 4. The van der Waals surface area contributed by atoms with Crippen molar-refractivity contribution in [3.05, 3.63) is 29.8 Å². The van der Waals surface area contributed by atoms with Gasteiger partial charge < -0.3 is 14.3 Å². The molecule has 2 unspecified atom stereocenters. The van der Waals surface area contributed by atoms with E-state index < -0.39 is 0 Å². The van der Waals surface area contributed by atoms with Gasteiger partial charge in [0, 0.05) is 12.5 Å². The molecule has 16 heavy (non-hydrogen) atoms. The lowest BCUT2D eigenvalue weighted by Gasteiger charge is -2.16. The van der Waals surface area contributed by atoms with Gasteiger partial charge in [0.2, 0.25) is 0 Å². The minimum absolute atomic E-state index is 0.0478. The van der Waals surface area contributed by atoms with Crippen LogP contribution >= 0.6 is 0 Å². The van der Waals surface area contributed by atoms with Gasteiger partial charge in [0.05, 0.1) is 13.7 Å². The first-order chi connectivity index (χ1) is 7.85. The lowest BCUT2D eigenvalue weighted by atomic mass is 9.87. The zero-order chi connectivity index (χ0) is 11.4. The van der Waals surface area contributed by atoms with Gasteiger partial charge in [0.1, 0.15) is 12.0 Å². The largest absolute Gasteiger partial charge is 0.497 e. The molecule has 2 atom stereocenters. The van der Waals surface area contributed by atoms with E-state index in [-0.39, 0.29) is 5.92 Å². The SMILES string of the molecule is COc1ccc(C(C=O)C2CCOC2)cc1. The van der Waals surface area contributed by atoms with Gasteiger partial charge in [-0.25, -0.2) is 0 Å². The molecule has 1 aromatic carbocycles. The van der Waals surface area contributed by atoms with Gasteiger partial charge in [-0.05, 0) is 30.0 Å². The Bertz CT molecular complexity index is 339. The van der Waals surface area contributed by atoms with Gasteiger partial charge in [-0.15, -0.1) is 0 Å². The van der Waals surface area contributed by atoms with E-state index in [0.29, 0.717) is 12.5 Å². The molecule has 0 radical (unpaired) electrons. The topological polar surface area (TPSA) is 35.5 Å². The van der Waals surface area contributed by atoms with Crippen LogP contribution in [0.2, 0.25) is 0 Å². The van der Waals surface area contributed by atoms with E-state index in [1.165, 1.54) is 0 Å². The number of benzene rings is 1. The van der Waals surface area contributed by atoms with Crippen molar-refractivity contribution in [2.24, 2.45) is 5.92 Å². The van der Waals surface area contributed by atoms with Gasteiger partial charge in [-0.1, -0.05) is 12.1 Å². The first-order valence-corrected chi connectivity index (χ1v) is 5.52. The van der Waals surface area contributed by atoms with E-state index in [1.54, 1.807) is 7.11 Å². The highest BCUT2D eigenvalue weighted by atomic mass is 16.5. The molecule has 0 saturated carbocycles. The second-order valence-electron chi connectivity index (χ2n) is 4.06. The number of ether oxygens (including phenoxy) is 2. The Morgan fingerprint density at radius 2 is 2.19 bits per heavy atom. The number of carbonyl (C=O) groups is 1. The summed E-state index contributed by atoms with van der Waals surface area (Å²) in [4.78, 5) is 11.2. The van der Waals surface area contributed by atoms with E-state index >= 15 is 0 Å². The van der Waals surface area contributed by atoms with Crippen molar-refractivity contribution in [1.29, 1.82) is 0 Å². The Kier molecular flexibility index (Phi) is 3.57. The van der Waals surface area contributed by atoms with E-state index in [1.807, 2.05) is 24.3 Å². The zero-order valence-corrected chi connectivity index (χ0v) is 9.39. The molecule has 3 nitrogen and oxygen atoms in total. The molecular weight excluding hydrogens is 204 g/mol. The maximum absolute atomic E-state index is 11.2. The molecule has 86 valence electrons. The van der Waals surface area contributed by atoms with Crippen LogP contribution in [-0.4, -0.2) is 26.6 Å². The van der Waals surface area contributed by atoms with E-state index in [4.69, 9.17) is 9.47 Å². The monoisotopic (exact) mass is 220 g/mol. The molecule has 1 heterocycles. The highest BCUT2D eigenvalue weighted by molar-refractivity contribution is 5.63. The smallest absolute Gasteiger partial charge is 0.127 e. The quantitative estimate of drug-likeness (QED) is 0.728. The molecule has 0 aromatic heterocycles. The average molecular weight is 220 g/mol. The minimum atomic E-state index is -0.0478. The molecule has 1 aliphatic heterocycles. The fourth-order valence-corrected chi connectivity index (χ4v) is 2.12. The van der Waals surface area contributed by atoms with Crippen LogP contribution in [0.5, 0.6) is 5.75 Å². The maximum atomic E-state index is 11.2. The van der Waals surface area contributed by atoms with E-state index in [9.17, 15) is 4.79 Å². The van der Waals surface area contributed by atoms with Crippen LogP contribution in [0, 0.1) is 5.92 Å². The lowest BCUT2D eigenvalue weighted by molar-refractivity contribution is -0.110. The summed E-state index contributed by atoms with van der Waals surface area (Å²) in [5, 5.41) is 0. The van der Waals surface area contributed by atoms with Crippen molar-refractivity contribution >= 4 is 6.29 Å². The van der Waals surface area contributed by atoms with Crippen molar-refractivity contribution in [3.63, 3.8) is 0 Å². The molecule has 2 rings (SSSR count). The summed E-state index contributed by atoms with van der Waals surface area (Å²) in [6, 6.07) is 7.69. The fourth-order valence-electron chi connectivity index (χ4n) is 2.12. The van der Waals surface area contributed by atoms with Crippen molar-refractivity contribution in [2.45, 2.75) is 12.3 Å². The normalized spacial score (nSPS) is 21.7. The van der Waals surface area contributed by atoms with Crippen molar-refractivity contribution in [3.8, 4) is 5.75 Å². The first kappa shape index (κ1) is 11.1. The van der Waals surface area contributed by atoms with Crippen LogP contribution < -0.4 is 4.74 Å². The Morgan fingerprint density at radius 1 is 1.44 bits per heavy atom. The average Bonchev–Trinajstić information content (AvgIpc) is 2.85. The summed E-state index contributed by atoms with van der Waals surface area (Å²) in [6.45, 7) is 1.46. The second-order valence-corrected chi connectivity index (χ2v) is 4.06. The molecule has 0 spiro atoms. The molecule has 0 amide bonds. The lowest BCUT2D eigenvalue weighted by Crippen LogP contribution is -2.14. The van der Waals surface area contributed by atoms with Crippen LogP contribution in [0.25, 0.3) is 0 Å². The molecule has 1 fully saturated rings. The van der Waals surface area contributed by atoms with Crippen LogP contribution in [-0.2, 0) is 9.53 Å². The van der Waals surface area contributed by atoms with Crippen LogP contribution in [0.4, 0.5) is 0 Å². The summed E-state index contributed by atoms with van der Waals surface area (Å²) < 4.78 is 10.4. The summed E-state index contributed by atoms with van der Waals surface area (Å²) in [5.74, 6) is 1.09. The molecule has 1 aliphatic rings. The molecule has 3 heteroatoms. The Morgan fingerprint density at radius 3 is 2.69 bits per heavy atom. The van der Waals surface area contributed by atoms with Gasteiger partial charge in [-0.2, -0.15) is 0 Å². The minimum Gasteiger partial charge on any atom is -0.497 e. The molecule has 0 N–H and O–H groups in total. The molecule has 0 aliphatic carbocycles. The molecule has 0 bridgehead atoms. The predicted molar refractivity (Wildman–Crippen MR) is 60.7 cm³/mol. The van der Waals surface area contributed by atoms with Crippen LogP contribution in [0.15, 0.2) is 24.3 Å². The third-order valence-corrected chi connectivity index (χ3v) is 3.12. The summed E-state index contributed by atoms with van der Waals surface area (Å²) in [7, 11) is 1.64. The number of carbonyl (C=O) groups excluding carboxylic acids is 1. The number of aldehydes is 1. The maximum Gasteiger partial charge on any atom is 0.127 e. The number of methoxy groups -OCH3 is 1. The highest BCUT2D eigenvalue weighted by Gasteiger charge is 2.26. The van der Waals surface area contributed by atoms with Gasteiger partial charge >= 0.3 is 0 Å². The zero-order valence-electron chi connectivity index (χ0n) is 9.39. The first-order valence-electron chi connectivity index (χ1n) is 5.52. The standard InChI is InChI=1S/C13H16O3/c1-15-12-4-2-10(3-5-12)13(8-14)11-6-7-16-9-11/h2-5,8,11,13H,6-7,9H2,1H3. The van der Waals surface area contributed by atoms with Gasteiger partial charge in [0.15, 0.2) is 0 Å². The fraction of sp³-hybridized carbons (Fsp3) is 0.462. The third-order valence-electron chi connectivity index (χ3n) is 3.12. The third kappa shape index (κ3) is 2.25. The second kappa shape index (κ2) is 5.12. The number of hydrogen-bond donors (Lipinski definition) is 0. The van der Waals surface area contributed by atoms with Gasteiger partial charge in [0.25, 0.3) is 0 Å².